The van der Waals surface area contributed by atoms with Gasteiger partial charge in [-0.2, -0.15) is 0 Å². The fourth-order valence-corrected chi connectivity index (χ4v) is 3.82. The van der Waals surface area contributed by atoms with Crippen LogP contribution >= 0.6 is 11.8 Å². The maximum Gasteiger partial charge on any atom is 0.123 e. The molecule has 0 saturated heterocycles. The third-order valence-electron chi connectivity index (χ3n) is 3.98. The van der Waals surface area contributed by atoms with Crippen LogP contribution in [0.15, 0.2) is 41.3 Å². The van der Waals surface area contributed by atoms with E-state index in [4.69, 9.17) is 0 Å². The summed E-state index contributed by atoms with van der Waals surface area (Å²) in [5.41, 5.74) is 0. The minimum Gasteiger partial charge on any atom is -0.299 e. The molecule has 0 N–H and O–H groups in total. The van der Waals surface area contributed by atoms with Crippen molar-refractivity contribution >= 4 is 11.8 Å². The van der Waals surface area contributed by atoms with Gasteiger partial charge in [0.15, 0.2) is 0 Å². The SMILES string of the molecule is Fc1ccc(SC2(CCN3CC=CCC3)CC2)cc1. The molecule has 3 rings (SSSR count). The maximum atomic E-state index is 12.9. The number of thioether (sulfide) groups is 1. The van der Waals surface area contributed by atoms with E-state index in [1.807, 2.05) is 23.9 Å². The lowest BCUT2D eigenvalue weighted by atomic mass is 10.2. The minimum atomic E-state index is -0.144. The molecule has 1 aliphatic carbocycles. The van der Waals surface area contributed by atoms with Crippen molar-refractivity contribution in [3.8, 4) is 0 Å². The first-order valence-electron chi connectivity index (χ1n) is 7.08. The summed E-state index contributed by atoms with van der Waals surface area (Å²) in [4.78, 5) is 3.74. The molecule has 1 aliphatic heterocycles. The van der Waals surface area contributed by atoms with Gasteiger partial charge in [0.2, 0.25) is 0 Å². The Balaban J connectivity index is 1.52. The highest BCUT2D eigenvalue weighted by atomic mass is 32.2. The summed E-state index contributed by atoms with van der Waals surface area (Å²) < 4.78 is 13.3. The number of nitrogens with zero attached hydrogens (tertiary/aromatic N) is 1. The Morgan fingerprint density at radius 1 is 1.16 bits per heavy atom. The Labute approximate surface area is 118 Å². The third kappa shape index (κ3) is 3.61. The van der Waals surface area contributed by atoms with E-state index in [0.717, 1.165) is 6.54 Å². The van der Waals surface area contributed by atoms with Gasteiger partial charge in [-0.3, -0.25) is 4.90 Å². The molecule has 0 unspecified atom stereocenters. The van der Waals surface area contributed by atoms with Crippen molar-refractivity contribution in [3.05, 3.63) is 42.2 Å². The van der Waals surface area contributed by atoms with Gasteiger partial charge in [0, 0.05) is 22.7 Å². The van der Waals surface area contributed by atoms with Gasteiger partial charge in [-0.05, 0) is 56.5 Å². The van der Waals surface area contributed by atoms with Crippen LogP contribution in [0.1, 0.15) is 25.7 Å². The fourth-order valence-electron chi connectivity index (χ4n) is 2.55. The van der Waals surface area contributed by atoms with E-state index in [2.05, 4.69) is 17.1 Å². The van der Waals surface area contributed by atoms with Crippen molar-refractivity contribution in [3.63, 3.8) is 0 Å². The summed E-state index contributed by atoms with van der Waals surface area (Å²) in [5.74, 6) is -0.144. The predicted molar refractivity (Wildman–Crippen MR) is 79.0 cm³/mol. The zero-order valence-electron chi connectivity index (χ0n) is 11.1. The van der Waals surface area contributed by atoms with E-state index in [-0.39, 0.29) is 5.82 Å². The van der Waals surface area contributed by atoms with Crippen molar-refractivity contribution in [2.75, 3.05) is 19.6 Å². The number of benzene rings is 1. The van der Waals surface area contributed by atoms with Gasteiger partial charge in [-0.1, -0.05) is 12.2 Å². The summed E-state index contributed by atoms with van der Waals surface area (Å²) in [6, 6.07) is 6.94. The summed E-state index contributed by atoms with van der Waals surface area (Å²) in [6.45, 7) is 3.50. The van der Waals surface area contributed by atoms with E-state index < -0.39 is 0 Å². The van der Waals surface area contributed by atoms with Crippen LogP contribution in [0.25, 0.3) is 0 Å². The van der Waals surface area contributed by atoms with Gasteiger partial charge in [-0.15, -0.1) is 11.8 Å². The lowest BCUT2D eigenvalue weighted by Crippen LogP contribution is -2.30. The van der Waals surface area contributed by atoms with Gasteiger partial charge < -0.3 is 0 Å². The number of hydrogen-bond donors (Lipinski definition) is 0. The molecule has 1 saturated carbocycles. The largest absolute Gasteiger partial charge is 0.299 e. The van der Waals surface area contributed by atoms with Gasteiger partial charge in [-0.25, -0.2) is 4.39 Å². The highest BCUT2D eigenvalue weighted by Gasteiger charge is 2.43. The summed E-state index contributed by atoms with van der Waals surface area (Å²) in [5, 5.41) is 0. The van der Waals surface area contributed by atoms with Gasteiger partial charge in [0.1, 0.15) is 5.82 Å². The van der Waals surface area contributed by atoms with Crippen molar-refractivity contribution in [1.29, 1.82) is 0 Å². The van der Waals surface area contributed by atoms with Crippen LogP contribution in [-0.2, 0) is 0 Å². The Bertz CT molecular complexity index is 450. The van der Waals surface area contributed by atoms with Crippen molar-refractivity contribution in [2.45, 2.75) is 35.3 Å². The van der Waals surface area contributed by atoms with Crippen molar-refractivity contribution in [2.24, 2.45) is 0 Å². The quantitative estimate of drug-likeness (QED) is 0.745. The van der Waals surface area contributed by atoms with Gasteiger partial charge in [0.05, 0.1) is 0 Å². The van der Waals surface area contributed by atoms with E-state index >= 15 is 0 Å². The maximum absolute atomic E-state index is 12.9. The second-order valence-electron chi connectivity index (χ2n) is 5.55. The molecule has 0 aromatic heterocycles. The molecule has 0 spiro atoms. The fraction of sp³-hybridized carbons (Fsp3) is 0.500. The van der Waals surface area contributed by atoms with Crippen LogP contribution in [0.4, 0.5) is 4.39 Å². The van der Waals surface area contributed by atoms with E-state index in [1.165, 1.54) is 43.7 Å². The molecule has 102 valence electrons. The summed E-state index contributed by atoms with van der Waals surface area (Å²) >= 11 is 1.94. The topological polar surface area (TPSA) is 3.24 Å². The second kappa shape index (κ2) is 5.68. The highest BCUT2D eigenvalue weighted by Crippen LogP contribution is 2.54. The van der Waals surface area contributed by atoms with E-state index in [0.29, 0.717) is 4.75 Å². The van der Waals surface area contributed by atoms with Crippen LogP contribution in [0, 0.1) is 5.82 Å². The lowest BCUT2D eigenvalue weighted by molar-refractivity contribution is 0.292. The van der Waals surface area contributed by atoms with Crippen LogP contribution < -0.4 is 0 Å². The zero-order chi connectivity index (χ0) is 13.1. The van der Waals surface area contributed by atoms with Crippen LogP contribution in [0.5, 0.6) is 0 Å². The number of rotatable bonds is 5. The monoisotopic (exact) mass is 277 g/mol. The molecule has 3 heteroatoms. The molecule has 1 fully saturated rings. The van der Waals surface area contributed by atoms with Crippen molar-refractivity contribution in [1.82, 2.24) is 4.90 Å². The molecule has 0 bridgehead atoms. The third-order valence-corrected chi connectivity index (χ3v) is 5.53. The molecule has 0 amide bonds. The average Bonchev–Trinajstić information content (AvgIpc) is 3.21. The molecular formula is C16H20FNS. The molecule has 0 atom stereocenters. The first-order chi connectivity index (χ1) is 9.26. The van der Waals surface area contributed by atoms with E-state index in [9.17, 15) is 4.39 Å². The molecule has 1 aromatic rings. The standard InChI is InChI=1S/C16H20FNS/c17-14-4-6-15(7-5-14)19-16(8-9-16)10-13-18-11-2-1-3-12-18/h1-2,4-7H,3,8-13H2. The molecule has 0 radical (unpaired) electrons. The second-order valence-corrected chi connectivity index (χ2v) is 7.09. The Morgan fingerprint density at radius 2 is 1.95 bits per heavy atom. The smallest absolute Gasteiger partial charge is 0.123 e. The first kappa shape index (κ1) is 13.2. The zero-order valence-corrected chi connectivity index (χ0v) is 12.0. The molecule has 1 aromatic carbocycles. The Kier molecular flexibility index (Phi) is 3.94. The Morgan fingerprint density at radius 3 is 2.58 bits per heavy atom. The van der Waals surface area contributed by atoms with Gasteiger partial charge >= 0.3 is 0 Å². The predicted octanol–water partition coefficient (Wildman–Crippen LogP) is 4.10. The molecule has 1 heterocycles. The highest BCUT2D eigenvalue weighted by molar-refractivity contribution is 8.01. The molecule has 19 heavy (non-hydrogen) atoms. The first-order valence-corrected chi connectivity index (χ1v) is 7.89. The summed E-state index contributed by atoms with van der Waals surface area (Å²) in [7, 11) is 0. The van der Waals surface area contributed by atoms with Crippen molar-refractivity contribution < 1.29 is 4.39 Å². The molecule has 1 nitrogen and oxygen atoms in total. The Hall–Kier alpha value is -0.800. The molecular weight excluding hydrogens is 257 g/mol. The number of hydrogen-bond acceptors (Lipinski definition) is 2. The van der Waals surface area contributed by atoms with E-state index in [1.54, 1.807) is 12.1 Å². The molecule has 2 aliphatic rings. The lowest BCUT2D eigenvalue weighted by Gasteiger charge is -2.25. The minimum absolute atomic E-state index is 0.144. The van der Waals surface area contributed by atoms with Crippen LogP contribution in [0.3, 0.4) is 0 Å². The normalized spacial score (nSPS) is 21.5. The number of halogens is 1. The van der Waals surface area contributed by atoms with Gasteiger partial charge in [0.25, 0.3) is 0 Å². The van der Waals surface area contributed by atoms with Crippen LogP contribution in [0.2, 0.25) is 0 Å². The van der Waals surface area contributed by atoms with Crippen LogP contribution in [-0.4, -0.2) is 29.3 Å². The average molecular weight is 277 g/mol. The summed E-state index contributed by atoms with van der Waals surface area (Å²) in [6.07, 6.45) is 9.60.